The van der Waals surface area contributed by atoms with Crippen LogP contribution in [0.25, 0.3) is 22.3 Å². The minimum absolute atomic E-state index is 0.0968. The van der Waals surface area contributed by atoms with Crippen molar-refractivity contribution in [3.8, 4) is 17.1 Å². The number of nitrogens with one attached hydrogen (secondary N) is 1. The summed E-state index contributed by atoms with van der Waals surface area (Å²) < 4.78 is 11.5. The maximum Gasteiger partial charge on any atom is 0.328 e. The van der Waals surface area contributed by atoms with E-state index in [2.05, 4.69) is 12.2 Å². The van der Waals surface area contributed by atoms with Crippen LogP contribution in [0.3, 0.4) is 0 Å². The fourth-order valence-corrected chi connectivity index (χ4v) is 2.81. The largest absolute Gasteiger partial charge is 0.491 e. The van der Waals surface area contributed by atoms with E-state index in [-0.39, 0.29) is 12.0 Å². The molecule has 0 aliphatic heterocycles. The summed E-state index contributed by atoms with van der Waals surface area (Å²) >= 11 is 0. The Labute approximate surface area is 195 Å². The summed E-state index contributed by atoms with van der Waals surface area (Å²) in [5.74, 6) is -1.44. The number of aliphatic hydroxyl groups is 1. The van der Waals surface area contributed by atoms with Gasteiger partial charge in [-0.25, -0.2) is 9.59 Å². The van der Waals surface area contributed by atoms with Gasteiger partial charge in [0.1, 0.15) is 29.8 Å². The summed E-state index contributed by atoms with van der Waals surface area (Å²) in [6, 6.07) is 16.1. The van der Waals surface area contributed by atoms with Crippen LogP contribution in [0.15, 0.2) is 76.0 Å². The highest BCUT2D eigenvalue weighted by atomic mass is 16.5. The van der Waals surface area contributed by atoms with Crippen molar-refractivity contribution in [3.05, 3.63) is 77.0 Å². The summed E-state index contributed by atoms with van der Waals surface area (Å²) in [6.07, 6.45) is 1.53. The van der Waals surface area contributed by atoms with Gasteiger partial charge in [0.15, 0.2) is 5.43 Å². The van der Waals surface area contributed by atoms with Crippen LogP contribution in [0.5, 0.6) is 5.75 Å². The van der Waals surface area contributed by atoms with E-state index in [1.807, 2.05) is 30.3 Å². The Morgan fingerprint density at radius 2 is 1.74 bits per heavy atom. The fraction of sp³-hybridized carbons (Fsp3) is 0.240. The van der Waals surface area contributed by atoms with Crippen molar-refractivity contribution in [1.82, 2.24) is 5.32 Å². The van der Waals surface area contributed by atoms with Gasteiger partial charge in [0.05, 0.1) is 5.39 Å². The standard InChI is InChI=1S/C21H23NO4.C4H4O4/c1-2-10-22-13-16(23)14-25-17-8-9-18-19(24)12-20(26-21(18)11-17)15-6-4-3-5-7-15;5-3(6)1-2-4(7)8/h3-9,11-12,16,22-23H,2,10,13-14H2,1H3;1-2H,(H,5,6)(H,7,8)/b;2-1-/t16-;/m1./s1. The number of carbonyl (C=O) groups is 2. The lowest BCUT2D eigenvalue weighted by Crippen LogP contribution is -2.31. The molecule has 4 N–H and O–H groups in total. The van der Waals surface area contributed by atoms with Gasteiger partial charge >= 0.3 is 11.9 Å². The smallest absolute Gasteiger partial charge is 0.328 e. The second-order valence-electron chi connectivity index (χ2n) is 7.18. The van der Waals surface area contributed by atoms with Crippen LogP contribution in [0, 0.1) is 0 Å². The topological polar surface area (TPSA) is 146 Å². The molecule has 0 spiro atoms. The average molecular weight is 469 g/mol. The normalized spacial score (nSPS) is 11.6. The first-order valence-electron chi connectivity index (χ1n) is 10.6. The summed E-state index contributed by atoms with van der Waals surface area (Å²) in [5.41, 5.74) is 1.21. The van der Waals surface area contributed by atoms with Gasteiger partial charge < -0.3 is 29.8 Å². The third kappa shape index (κ3) is 8.89. The van der Waals surface area contributed by atoms with Gasteiger partial charge in [-0.3, -0.25) is 4.79 Å². The van der Waals surface area contributed by atoms with Crippen LogP contribution in [0.4, 0.5) is 0 Å². The number of fused-ring (bicyclic) bond motifs is 1. The highest BCUT2D eigenvalue weighted by Crippen LogP contribution is 2.24. The Hall–Kier alpha value is -3.95. The first-order valence-corrected chi connectivity index (χ1v) is 10.6. The summed E-state index contributed by atoms with van der Waals surface area (Å²) in [4.78, 5) is 31.5. The number of carboxylic acids is 2. The molecule has 0 amide bonds. The van der Waals surface area contributed by atoms with Gasteiger partial charge in [0.2, 0.25) is 0 Å². The summed E-state index contributed by atoms with van der Waals surface area (Å²) in [5, 5.41) is 29.2. The van der Waals surface area contributed by atoms with Crippen LogP contribution in [-0.4, -0.2) is 53.1 Å². The third-order valence-corrected chi connectivity index (χ3v) is 4.38. The molecular weight excluding hydrogens is 442 g/mol. The molecule has 0 saturated carbocycles. The van der Waals surface area contributed by atoms with Gasteiger partial charge in [-0.05, 0) is 25.1 Å². The molecule has 0 bridgehead atoms. The quantitative estimate of drug-likeness (QED) is 0.260. The molecule has 2 aromatic carbocycles. The van der Waals surface area contributed by atoms with Gasteiger partial charge in [0, 0.05) is 36.4 Å². The monoisotopic (exact) mass is 469 g/mol. The molecule has 0 unspecified atom stereocenters. The van der Waals surface area contributed by atoms with E-state index in [0.29, 0.717) is 41.2 Å². The Balaban J connectivity index is 0.000000440. The molecule has 0 radical (unpaired) electrons. The fourth-order valence-electron chi connectivity index (χ4n) is 2.81. The van der Waals surface area contributed by atoms with E-state index < -0.39 is 18.0 Å². The van der Waals surface area contributed by atoms with E-state index in [4.69, 9.17) is 19.4 Å². The van der Waals surface area contributed by atoms with E-state index >= 15 is 0 Å². The van der Waals surface area contributed by atoms with Crippen molar-refractivity contribution < 1.29 is 34.1 Å². The predicted molar refractivity (Wildman–Crippen MR) is 127 cm³/mol. The maximum absolute atomic E-state index is 12.3. The zero-order valence-corrected chi connectivity index (χ0v) is 18.6. The molecule has 1 atom stereocenters. The highest BCUT2D eigenvalue weighted by Gasteiger charge is 2.09. The average Bonchev–Trinajstić information content (AvgIpc) is 2.82. The summed E-state index contributed by atoms with van der Waals surface area (Å²) in [7, 11) is 0. The Morgan fingerprint density at radius 3 is 2.35 bits per heavy atom. The number of benzene rings is 2. The van der Waals surface area contributed by atoms with E-state index in [0.717, 1.165) is 18.5 Å². The Kier molecular flexibility index (Phi) is 10.5. The molecule has 3 aromatic rings. The lowest BCUT2D eigenvalue weighted by atomic mass is 10.1. The maximum atomic E-state index is 12.3. The minimum atomic E-state index is -1.26. The molecule has 0 fully saturated rings. The molecule has 0 aliphatic carbocycles. The van der Waals surface area contributed by atoms with Crippen LogP contribution < -0.4 is 15.5 Å². The highest BCUT2D eigenvalue weighted by molar-refractivity contribution is 5.89. The van der Waals surface area contributed by atoms with Crippen LogP contribution >= 0.6 is 0 Å². The summed E-state index contributed by atoms with van der Waals surface area (Å²) in [6.45, 7) is 3.59. The molecule has 0 saturated heterocycles. The number of hydrogen-bond donors (Lipinski definition) is 4. The first kappa shape index (κ1) is 26.3. The number of carboxylic acid groups (broad SMARTS) is 2. The van der Waals surface area contributed by atoms with Crippen molar-refractivity contribution in [2.24, 2.45) is 0 Å². The Bertz CT molecular complexity index is 1150. The lowest BCUT2D eigenvalue weighted by Gasteiger charge is -2.13. The SMILES string of the molecule is CCCNC[C@@H](O)COc1ccc2c(=O)cc(-c3ccccc3)oc2c1.O=C(O)/C=C\C(=O)O. The minimum Gasteiger partial charge on any atom is -0.491 e. The van der Waals surface area contributed by atoms with Crippen molar-refractivity contribution >= 4 is 22.9 Å². The number of aliphatic hydroxyl groups excluding tert-OH is 1. The molecule has 1 heterocycles. The predicted octanol–water partition coefficient (Wildman–Crippen LogP) is 2.91. The van der Waals surface area contributed by atoms with Crippen molar-refractivity contribution in [2.75, 3.05) is 19.7 Å². The van der Waals surface area contributed by atoms with Gasteiger partial charge in [0.25, 0.3) is 0 Å². The van der Waals surface area contributed by atoms with E-state index in [1.54, 1.807) is 18.2 Å². The Morgan fingerprint density at radius 1 is 1.06 bits per heavy atom. The van der Waals surface area contributed by atoms with E-state index in [9.17, 15) is 19.5 Å². The van der Waals surface area contributed by atoms with Crippen molar-refractivity contribution in [3.63, 3.8) is 0 Å². The zero-order valence-electron chi connectivity index (χ0n) is 18.6. The zero-order chi connectivity index (χ0) is 24.9. The molecule has 0 aliphatic rings. The molecule has 1 aromatic heterocycles. The number of ether oxygens (including phenoxy) is 1. The lowest BCUT2D eigenvalue weighted by molar-refractivity contribution is -0.134. The van der Waals surface area contributed by atoms with Gasteiger partial charge in [-0.2, -0.15) is 0 Å². The first-order chi connectivity index (χ1) is 16.3. The molecule has 9 nitrogen and oxygen atoms in total. The molecular formula is C25H27NO8. The second-order valence-corrected chi connectivity index (χ2v) is 7.18. The van der Waals surface area contributed by atoms with Gasteiger partial charge in [-0.15, -0.1) is 0 Å². The third-order valence-electron chi connectivity index (χ3n) is 4.38. The number of hydrogen-bond acceptors (Lipinski definition) is 7. The van der Waals surface area contributed by atoms with Crippen molar-refractivity contribution in [2.45, 2.75) is 19.4 Å². The van der Waals surface area contributed by atoms with E-state index in [1.165, 1.54) is 6.07 Å². The second kappa shape index (κ2) is 13.6. The number of rotatable bonds is 10. The van der Waals surface area contributed by atoms with Crippen molar-refractivity contribution in [1.29, 1.82) is 0 Å². The van der Waals surface area contributed by atoms with Crippen LogP contribution in [-0.2, 0) is 9.59 Å². The molecule has 180 valence electrons. The van der Waals surface area contributed by atoms with Crippen LogP contribution in [0.1, 0.15) is 13.3 Å². The van der Waals surface area contributed by atoms with Crippen LogP contribution in [0.2, 0.25) is 0 Å². The number of aliphatic carboxylic acids is 2. The molecule has 34 heavy (non-hydrogen) atoms. The molecule has 3 rings (SSSR count). The molecule has 9 heteroatoms. The van der Waals surface area contributed by atoms with Gasteiger partial charge in [-0.1, -0.05) is 37.3 Å².